The number of Topliss-reactive ketones (excluding diaryl/α,β-unsaturated/α-hetero) is 1. The number of nitrogens with zero attached hydrogens (tertiary/aromatic N) is 1. The number of carbonyl (C=O) groups is 1. The van der Waals surface area contributed by atoms with Crippen molar-refractivity contribution in [2.75, 3.05) is 0 Å². The molecule has 0 fully saturated rings. The number of benzene rings is 2. The van der Waals surface area contributed by atoms with Crippen LogP contribution in [0.5, 0.6) is 0 Å². The van der Waals surface area contributed by atoms with Crippen LogP contribution < -0.4 is 0 Å². The lowest BCUT2D eigenvalue weighted by atomic mass is 10.0. The van der Waals surface area contributed by atoms with E-state index in [1.54, 1.807) is 24.4 Å². The Morgan fingerprint density at radius 3 is 2.52 bits per heavy atom. The summed E-state index contributed by atoms with van der Waals surface area (Å²) in [5, 5.41) is 0. The van der Waals surface area contributed by atoms with E-state index in [9.17, 15) is 9.18 Å². The fraction of sp³-hybridized carbons (Fsp3) is 0.0588. The van der Waals surface area contributed by atoms with E-state index in [-0.39, 0.29) is 11.6 Å². The van der Waals surface area contributed by atoms with Crippen molar-refractivity contribution in [1.29, 1.82) is 0 Å². The van der Waals surface area contributed by atoms with Gasteiger partial charge in [0.1, 0.15) is 11.6 Å². The van der Waals surface area contributed by atoms with Crippen molar-refractivity contribution in [3.63, 3.8) is 0 Å². The van der Waals surface area contributed by atoms with Crippen LogP contribution in [0, 0.1) is 5.82 Å². The Labute approximate surface area is 121 Å². The van der Waals surface area contributed by atoms with Crippen LogP contribution in [0.2, 0.25) is 0 Å². The number of H-pyrrole nitrogens is 1. The van der Waals surface area contributed by atoms with Gasteiger partial charge in [-0.25, -0.2) is 9.37 Å². The topological polar surface area (TPSA) is 45.8 Å². The molecule has 21 heavy (non-hydrogen) atoms. The Balaban J connectivity index is 2.03. The SMILES string of the molecule is CC(=O)c1ccccc1-c1c[nH]c(-c2ccc(F)cc2)n1. The first-order chi connectivity index (χ1) is 10.1. The molecule has 0 atom stereocenters. The van der Waals surface area contributed by atoms with Crippen LogP contribution in [0.1, 0.15) is 17.3 Å². The highest BCUT2D eigenvalue weighted by Gasteiger charge is 2.12. The smallest absolute Gasteiger partial charge is 0.160 e. The van der Waals surface area contributed by atoms with Gasteiger partial charge < -0.3 is 4.98 Å². The van der Waals surface area contributed by atoms with E-state index in [0.717, 1.165) is 11.1 Å². The second-order valence-electron chi connectivity index (χ2n) is 4.74. The van der Waals surface area contributed by atoms with Crippen molar-refractivity contribution in [2.24, 2.45) is 0 Å². The van der Waals surface area contributed by atoms with Gasteiger partial charge in [-0.05, 0) is 31.2 Å². The Hall–Kier alpha value is -2.75. The molecule has 0 aliphatic heterocycles. The van der Waals surface area contributed by atoms with Crippen LogP contribution in [-0.4, -0.2) is 15.8 Å². The van der Waals surface area contributed by atoms with Crippen LogP contribution in [-0.2, 0) is 0 Å². The number of halogens is 1. The van der Waals surface area contributed by atoms with Crippen molar-refractivity contribution in [2.45, 2.75) is 6.92 Å². The van der Waals surface area contributed by atoms with E-state index in [2.05, 4.69) is 9.97 Å². The van der Waals surface area contributed by atoms with Gasteiger partial charge in [0.05, 0.1) is 5.69 Å². The molecule has 0 saturated carbocycles. The molecule has 3 rings (SSSR count). The number of imidazole rings is 1. The average Bonchev–Trinajstić information content (AvgIpc) is 2.97. The second-order valence-corrected chi connectivity index (χ2v) is 4.74. The van der Waals surface area contributed by atoms with Crippen molar-refractivity contribution < 1.29 is 9.18 Å². The number of aromatic nitrogens is 2. The number of ketones is 1. The summed E-state index contributed by atoms with van der Waals surface area (Å²) in [6.45, 7) is 1.53. The average molecular weight is 280 g/mol. The molecule has 1 N–H and O–H groups in total. The Morgan fingerprint density at radius 1 is 1.10 bits per heavy atom. The van der Waals surface area contributed by atoms with Crippen molar-refractivity contribution in [3.8, 4) is 22.6 Å². The molecule has 0 amide bonds. The lowest BCUT2D eigenvalue weighted by Crippen LogP contribution is -1.95. The first-order valence-electron chi connectivity index (χ1n) is 6.57. The van der Waals surface area contributed by atoms with E-state index < -0.39 is 0 Å². The van der Waals surface area contributed by atoms with Crippen molar-refractivity contribution >= 4 is 5.78 Å². The zero-order valence-corrected chi connectivity index (χ0v) is 11.4. The second kappa shape index (κ2) is 5.32. The van der Waals surface area contributed by atoms with Crippen LogP contribution in [0.15, 0.2) is 54.7 Å². The summed E-state index contributed by atoms with van der Waals surface area (Å²) >= 11 is 0. The highest BCUT2D eigenvalue weighted by atomic mass is 19.1. The monoisotopic (exact) mass is 280 g/mol. The molecule has 2 aromatic carbocycles. The van der Waals surface area contributed by atoms with Gasteiger partial charge in [-0.15, -0.1) is 0 Å². The quantitative estimate of drug-likeness (QED) is 0.735. The fourth-order valence-corrected chi connectivity index (χ4v) is 2.23. The highest BCUT2D eigenvalue weighted by Crippen LogP contribution is 2.25. The molecule has 0 radical (unpaired) electrons. The number of nitrogens with one attached hydrogen (secondary N) is 1. The van der Waals surface area contributed by atoms with Crippen molar-refractivity contribution in [3.05, 3.63) is 66.1 Å². The fourth-order valence-electron chi connectivity index (χ4n) is 2.23. The van der Waals surface area contributed by atoms with E-state index in [1.807, 2.05) is 18.2 Å². The van der Waals surface area contributed by atoms with Crippen LogP contribution in [0.4, 0.5) is 4.39 Å². The summed E-state index contributed by atoms with van der Waals surface area (Å²) in [6.07, 6.45) is 1.75. The lowest BCUT2D eigenvalue weighted by Gasteiger charge is -2.03. The molecule has 3 nitrogen and oxygen atoms in total. The standard InChI is InChI=1S/C17H13FN2O/c1-11(21)14-4-2-3-5-15(14)16-10-19-17(20-16)12-6-8-13(18)9-7-12/h2-10H,1H3,(H,19,20). The minimum atomic E-state index is -0.285. The molecular weight excluding hydrogens is 267 g/mol. The van der Waals surface area contributed by atoms with Gasteiger partial charge >= 0.3 is 0 Å². The molecule has 0 aliphatic rings. The van der Waals surface area contributed by atoms with Crippen LogP contribution in [0.25, 0.3) is 22.6 Å². The highest BCUT2D eigenvalue weighted by molar-refractivity contribution is 6.00. The van der Waals surface area contributed by atoms with Gasteiger partial charge in [-0.2, -0.15) is 0 Å². The molecule has 0 unspecified atom stereocenters. The normalized spacial score (nSPS) is 10.6. The van der Waals surface area contributed by atoms with E-state index >= 15 is 0 Å². The first kappa shape index (κ1) is 13.2. The van der Waals surface area contributed by atoms with Gasteiger partial charge in [-0.1, -0.05) is 24.3 Å². The molecule has 104 valence electrons. The summed E-state index contributed by atoms with van der Waals surface area (Å²) in [5.74, 6) is 0.354. The summed E-state index contributed by atoms with van der Waals surface area (Å²) in [6, 6.07) is 13.4. The third-order valence-corrected chi connectivity index (χ3v) is 3.28. The van der Waals surface area contributed by atoms with Gasteiger partial charge in [-0.3, -0.25) is 4.79 Å². The van der Waals surface area contributed by atoms with Crippen molar-refractivity contribution in [1.82, 2.24) is 9.97 Å². The van der Waals surface area contributed by atoms with Gasteiger partial charge in [0.15, 0.2) is 5.78 Å². The molecule has 1 aromatic heterocycles. The minimum Gasteiger partial charge on any atom is -0.344 e. The number of carbonyl (C=O) groups excluding carboxylic acids is 1. The lowest BCUT2D eigenvalue weighted by molar-refractivity contribution is 0.101. The van der Waals surface area contributed by atoms with Gasteiger partial charge in [0.25, 0.3) is 0 Å². The van der Waals surface area contributed by atoms with E-state index in [4.69, 9.17) is 0 Å². The largest absolute Gasteiger partial charge is 0.344 e. The molecule has 0 aliphatic carbocycles. The minimum absolute atomic E-state index is 0.00284. The number of hydrogen-bond acceptors (Lipinski definition) is 2. The molecule has 0 bridgehead atoms. The molecule has 1 heterocycles. The Kier molecular flexibility index (Phi) is 3.36. The molecular formula is C17H13FN2O. The first-order valence-corrected chi connectivity index (χ1v) is 6.57. The van der Waals surface area contributed by atoms with E-state index in [0.29, 0.717) is 17.1 Å². The number of rotatable bonds is 3. The zero-order chi connectivity index (χ0) is 14.8. The maximum atomic E-state index is 12.9. The Bertz CT molecular complexity index is 791. The van der Waals surface area contributed by atoms with Gasteiger partial charge in [0.2, 0.25) is 0 Å². The number of aromatic amines is 1. The van der Waals surface area contributed by atoms with Crippen LogP contribution >= 0.6 is 0 Å². The molecule has 3 aromatic rings. The third-order valence-electron chi connectivity index (χ3n) is 3.28. The third kappa shape index (κ3) is 2.60. The predicted molar refractivity (Wildman–Crippen MR) is 79.4 cm³/mol. The van der Waals surface area contributed by atoms with Gasteiger partial charge in [0, 0.05) is 22.9 Å². The summed E-state index contributed by atoms with van der Waals surface area (Å²) in [4.78, 5) is 19.2. The maximum absolute atomic E-state index is 12.9. The summed E-state index contributed by atoms with van der Waals surface area (Å²) in [5.41, 5.74) is 2.91. The molecule has 0 spiro atoms. The summed E-state index contributed by atoms with van der Waals surface area (Å²) < 4.78 is 12.9. The Morgan fingerprint density at radius 2 is 1.81 bits per heavy atom. The number of hydrogen-bond donors (Lipinski definition) is 1. The maximum Gasteiger partial charge on any atom is 0.160 e. The molecule has 0 saturated heterocycles. The zero-order valence-electron chi connectivity index (χ0n) is 11.4. The summed E-state index contributed by atoms with van der Waals surface area (Å²) in [7, 11) is 0. The molecule has 4 heteroatoms. The van der Waals surface area contributed by atoms with Crippen LogP contribution in [0.3, 0.4) is 0 Å². The van der Waals surface area contributed by atoms with E-state index in [1.165, 1.54) is 19.1 Å². The predicted octanol–water partition coefficient (Wildman–Crippen LogP) is 4.09.